The van der Waals surface area contributed by atoms with Gasteiger partial charge in [-0.05, 0) is 24.3 Å². The van der Waals surface area contributed by atoms with Gasteiger partial charge in [0.25, 0.3) is 0 Å². The number of rotatable bonds is 4. The van der Waals surface area contributed by atoms with Crippen LogP contribution in [0.4, 0.5) is 23.1 Å². The van der Waals surface area contributed by atoms with Gasteiger partial charge in [0.2, 0.25) is 5.95 Å². The summed E-state index contributed by atoms with van der Waals surface area (Å²) in [4.78, 5) is 10.5. The second kappa shape index (κ2) is 5.25. The number of nitrogen functional groups attached to an aromatic ring is 1. The Kier molecular flexibility index (Phi) is 3.28. The molecule has 2 aromatic heterocycles. The van der Waals surface area contributed by atoms with Gasteiger partial charge in [-0.3, -0.25) is 10.5 Å². The molecule has 3 rings (SSSR count). The lowest BCUT2D eigenvalue weighted by Crippen LogP contribution is -2.11. The first kappa shape index (κ1) is 13.1. The Morgan fingerprint density at radius 1 is 1.14 bits per heavy atom. The molecule has 1 aromatic carbocycles. The topological polar surface area (TPSA) is 108 Å². The van der Waals surface area contributed by atoms with Crippen LogP contribution < -0.4 is 21.5 Å². The highest BCUT2D eigenvalue weighted by Gasteiger charge is 2.09. The molecular weight excluding hydrogens is 268 g/mol. The summed E-state index contributed by atoms with van der Waals surface area (Å²) in [6, 6.07) is 8.02. The van der Waals surface area contributed by atoms with Gasteiger partial charge in [-0.2, -0.15) is 15.1 Å². The Hall–Kier alpha value is -2.87. The summed E-state index contributed by atoms with van der Waals surface area (Å²) in [5, 5.41) is 10.8. The molecule has 0 saturated carbocycles. The van der Waals surface area contributed by atoms with Crippen LogP contribution in [0.25, 0.3) is 11.0 Å². The van der Waals surface area contributed by atoms with Crippen LogP contribution in [0, 0.1) is 0 Å². The number of anilines is 4. The second-order valence-corrected chi connectivity index (χ2v) is 4.74. The second-order valence-electron chi connectivity index (χ2n) is 4.74. The maximum atomic E-state index is 5.38. The van der Waals surface area contributed by atoms with Gasteiger partial charge in [0.05, 0.1) is 11.6 Å². The SMILES string of the molecule is CN(C)c1ccc(Nc2nc(NN)nc3[nH]ncc23)cc1. The molecular formula is C13H16N8. The number of nitrogens with one attached hydrogen (secondary N) is 3. The molecule has 0 amide bonds. The fourth-order valence-corrected chi connectivity index (χ4v) is 1.97. The van der Waals surface area contributed by atoms with Crippen LogP contribution in [-0.4, -0.2) is 34.3 Å². The van der Waals surface area contributed by atoms with E-state index in [-0.39, 0.29) is 0 Å². The minimum Gasteiger partial charge on any atom is -0.378 e. The van der Waals surface area contributed by atoms with Crippen molar-refractivity contribution < 1.29 is 0 Å². The average Bonchev–Trinajstić information content (AvgIpc) is 2.96. The minimum absolute atomic E-state index is 0.319. The molecule has 0 aliphatic carbocycles. The Morgan fingerprint density at radius 3 is 2.57 bits per heavy atom. The lowest BCUT2D eigenvalue weighted by atomic mass is 10.2. The first-order chi connectivity index (χ1) is 10.2. The van der Waals surface area contributed by atoms with Crippen LogP contribution in [0.2, 0.25) is 0 Å². The van der Waals surface area contributed by atoms with E-state index < -0.39 is 0 Å². The highest BCUT2D eigenvalue weighted by molar-refractivity contribution is 5.89. The maximum Gasteiger partial charge on any atom is 0.241 e. The van der Waals surface area contributed by atoms with Crippen LogP contribution in [0.15, 0.2) is 30.5 Å². The number of benzene rings is 1. The van der Waals surface area contributed by atoms with E-state index in [4.69, 9.17) is 5.84 Å². The van der Waals surface area contributed by atoms with Gasteiger partial charge in [0, 0.05) is 25.5 Å². The van der Waals surface area contributed by atoms with Gasteiger partial charge >= 0.3 is 0 Å². The third-order valence-corrected chi connectivity index (χ3v) is 3.09. The molecule has 3 aromatic rings. The number of hydrogen-bond acceptors (Lipinski definition) is 7. The fraction of sp³-hybridized carbons (Fsp3) is 0.154. The Balaban J connectivity index is 1.95. The van der Waals surface area contributed by atoms with Crippen LogP contribution in [0.3, 0.4) is 0 Å². The van der Waals surface area contributed by atoms with E-state index in [1.165, 1.54) is 0 Å². The number of H-pyrrole nitrogens is 1. The fourth-order valence-electron chi connectivity index (χ4n) is 1.97. The first-order valence-electron chi connectivity index (χ1n) is 6.39. The Morgan fingerprint density at radius 2 is 1.90 bits per heavy atom. The highest BCUT2D eigenvalue weighted by atomic mass is 15.3. The Bertz CT molecular complexity index is 746. The van der Waals surface area contributed by atoms with Crippen LogP contribution in [-0.2, 0) is 0 Å². The zero-order chi connectivity index (χ0) is 14.8. The minimum atomic E-state index is 0.319. The summed E-state index contributed by atoms with van der Waals surface area (Å²) < 4.78 is 0. The number of nitrogens with zero attached hydrogens (tertiary/aromatic N) is 4. The number of aromatic amines is 1. The molecule has 0 aliphatic rings. The van der Waals surface area contributed by atoms with E-state index in [1.54, 1.807) is 6.20 Å². The van der Waals surface area contributed by atoms with Crippen LogP contribution >= 0.6 is 0 Å². The van der Waals surface area contributed by atoms with Crippen molar-refractivity contribution in [3.8, 4) is 0 Å². The summed E-state index contributed by atoms with van der Waals surface area (Å²) in [7, 11) is 4.00. The highest BCUT2D eigenvalue weighted by Crippen LogP contribution is 2.24. The predicted molar refractivity (Wildman–Crippen MR) is 83.5 cm³/mol. The largest absolute Gasteiger partial charge is 0.378 e. The van der Waals surface area contributed by atoms with Crippen molar-refractivity contribution >= 4 is 34.2 Å². The van der Waals surface area contributed by atoms with Gasteiger partial charge in [-0.15, -0.1) is 0 Å². The molecule has 0 radical (unpaired) electrons. The van der Waals surface area contributed by atoms with Crippen molar-refractivity contribution in [2.75, 3.05) is 29.7 Å². The number of nitrogens with two attached hydrogens (primary N) is 1. The molecule has 0 unspecified atom stereocenters. The standard InChI is InChI=1S/C13H16N8/c1-21(2)9-5-3-8(4-6-9)16-11-10-7-15-20-12(10)18-13(17-11)19-14/h3-7H,14H2,1-2H3,(H3,15,16,17,18,19,20). The van der Waals surface area contributed by atoms with Crippen LogP contribution in [0.1, 0.15) is 0 Å². The molecule has 0 bridgehead atoms. The summed E-state index contributed by atoms with van der Waals surface area (Å²) in [6.45, 7) is 0. The van der Waals surface area contributed by atoms with Crippen LogP contribution in [0.5, 0.6) is 0 Å². The van der Waals surface area contributed by atoms with Gasteiger partial charge in [0.15, 0.2) is 5.65 Å². The smallest absolute Gasteiger partial charge is 0.241 e. The molecule has 0 spiro atoms. The maximum absolute atomic E-state index is 5.38. The third kappa shape index (κ3) is 2.56. The lowest BCUT2D eigenvalue weighted by Gasteiger charge is -2.13. The first-order valence-corrected chi connectivity index (χ1v) is 6.39. The number of hydrazine groups is 1. The van der Waals surface area contributed by atoms with Gasteiger partial charge in [-0.1, -0.05) is 0 Å². The summed E-state index contributed by atoms with van der Waals surface area (Å²) >= 11 is 0. The van der Waals surface area contributed by atoms with E-state index in [2.05, 4.69) is 30.9 Å². The lowest BCUT2D eigenvalue weighted by molar-refractivity contribution is 1.08. The Labute approximate surface area is 121 Å². The van der Waals surface area contributed by atoms with Crippen molar-refractivity contribution in [1.29, 1.82) is 0 Å². The van der Waals surface area contributed by atoms with Crippen molar-refractivity contribution in [3.63, 3.8) is 0 Å². The van der Waals surface area contributed by atoms with E-state index in [0.717, 1.165) is 16.8 Å². The monoisotopic (exact) mass is 284 g/mol. The molecule has 2 heterocycles. The van der Waals surface area contributed by atoms with Crippen molar-refractivity contribution in [3.05, 3.63) is 30.5 Å². The van der Waals surface area contributed by atoms with E-state index in [0.29, 0.717) is 17.4 Å². The third-order valence-electron chi connectivity index (χ3n) is 3.09. The number of fused-ring (bicyclic) bond motifs is 1. The number of aromatic nitrogens is 4. The average molecular weight is 284 g/mol. The van der Waals surface area contributed by atoms with Crippen molar-refractivity contribution in [2.24, 2.45) is 5.84 Å². The van der Waals surface area contributed by atoms with E-state index in [9.17, 15) is 0 Å². The zero-order valence-corrected chi connectivity index (χ0v) is 11.8. The molecule has 5 N–H and O–H groups in total. The molecule has 0 atom stereocenters. The summed E-state index contributed by atoms with van der Waals surface area (Å²) in [6.07, 6.45) is 1.67. The molecule has 0 saturated heterocycles. The van der Waals surface area contributed by atoms with Gasteiger partial charge < -0.3 is 10.2 Å². The molecule has 0 fully saturated rings. The van der Waals surface area contributed by atoms with Crippen molar-refractivity contribution in [1.82, 2.24) is 20.2 Å². The van der Waals surface area contributed by atoms with E-state index >= 15 is 0 Å². The van der Waals surface area contributed by atoms with Gasteiger partial charge in [0.1, 0.15) is 5.82 Å². The molecule has 21 heavy (non-hydrogen) atoms. The summed E-state index contributed by atoms with van der Waals surface area (Å²) in [5.41, 5.74) is 5.11. The van der Waals surface area contributed by atoms with E-state index in [1.807, 2.05) is 43.3 Å². The summed E-state index contributed by atoms with van der Waals surface area (Å²) in [5.74, 6) is 6.34. The molecule has 0 aliphatic heterocycles. The van der Waals surface area contributed by atoms with Gasteiger partial charge in [-0.25, -0.2) is 5.84 Å². The zero-order valence-electron chi connectivity index (χ0n) is 11.8. The molecule has 108 valence electrons. The normalized spacial score (nSPS) is 10.6. The number of hydrogen-bond donors (Lipinski definition) is 4. The quantitative estimate of drug-likeness (QED) is 0.424. The molecule has 8 heteroatoms. The predicted octanol–water partition coefficient (Wildman–Crippen LogP) is 1.45. The molecule has 8 nitrogen and oxygen atoms in total. The van der Waals surface area contributed by atoms with Crippen molar-refractivity contribution in [2.45, 2.75) is 0 Å².